The normalized spacial score (nSPS) is 21.3. The topological polar surface area (TPSA) is 3.24 Å². The summed E-state index contributed by atoms with van der Waals surface area (Å²) in [4.78, 5) is 2.68. The summed E-state index contributed by atoms with van der Waals surface area (Å²) in [6.45, 7) is 14.8. The van der Waals surface area contributed by atoms with E-state index in [1.807, 2.05) is 6.92 Å². The van der Waals surface area contributed by atoms with Crippen molar-refractivity contribution in [3.63, 3.8) is 0 Å². The standard InChI is InChI=1S/C17H29N/c1-5-17-10-6-7-13-18(17)14-8-9-16(4)12-11-15(2)3/h11-12,17H,2,4-10,13-14H2,1,3H3/b12-11+. The predicted octanol–water partition coefficient (Wildman–Crippen LogP) is 4.72. The van der Waals surface area contributed by atoms with Crippen molar-refractivity contribution < 1.29 is 0 Å². The highest BCUT2D eigenvalue weighted by atomic mass is 15.2. The number of likely N-dealkylation sites (tertiary alicyclic amines) is 1. The highest BCUT2D eigenvalue weighted by molar-refractivity contribution is 5.22. The van der Waals surface area contributed by atoms with Gasteiger partial charge in [-0.1, -0.05) is 49.8 Å². The first-order valence-corrected chi connectivity index (χ1v) is 7.39. The Hall–Kier alpha value is -0.820. The number of rotatable bonds is 7. The van der Waals surface area contributed by atoms with Gasteiger partial charge < -0.3 is 4.90 Å². The van der Waals surface area contributed by atoms with Gasteiger partial charge in [-0.25, -0.2) is 0 Å². The van der Waals surface area contributed by atoms with Gasteiger partial charge in [0.1, 0.15) is 0 Å². The lowest BCUT2D eigenvalue weighted by Crippen LogP contribution is -2.39. The van der Waals surface area contributed by atoms with Crippen LogP contribution in [0.15, 0.2) is 36.5 Å². The van der Waals surface area contributed by atoms with E-state index in [0.717, 1.165) is 18.0 Å². The van der Waals surface area contributed by atoms with Crippen molar-refractivity contribution >= 4 is 0 Å². The molecule has 0 spiro atoms. The Bertz CT molecular complexity index is 301. The number of nitrogens with zero attached hydrogens (tertiary/aromatic N) is 1. The van der Waals surface area contributed by atoms with Gasteiger partial charge in [-0.15, -0.1) is 0 Å². The molecule has 0 amide bonds. The van der Waals surface area contributed by atoms with Crippen LogP contribution in [-0.2, 0) is 0 Å². The fourth-order valence-electron chi connectivity index (χ4n) is 2.67. The monoisotopic (exact) mass is 247 g/mol. The van der Waals surface area contributed by atoms with E-state index in [1.165, 1.54) is 50.8 Å². The molecule has 0 aromatic heterocycles. The van der Waals surface area contributed by atoms with Crippen molar-refractivity contribution in [3.8, 4) is 0 Å². The van der Waals surface area contributed by atoms with Gasteiger partial charge in [-0.2, -0.15) is 0 Å². The molecule has 0 aromatic carbocycles. The fraction of sp³-hybridized carbons (Fsp3) is 0.647. The first-order valence-electron chi connectivity index (χ1n) is 7.39. The van der Waals surface area contributed by atoms with E-state index in [2.05, 4.69) is 37.1 Å². The summed E-state index contributed by atoms with van der Waals surface area (Å²) in [7, 11) is 0. The van der Waals surface area contributed by atoms with Crippen LogP contribution in [-0.4, -0.2) is 24.0 Å². The maximum atomic E-state index is 4.10. The van der Waals surface area contributed by atoms with Crippen molar-refractivity contribution in [2.45, 2.75) is 58.4 Å². The molecule has 0 bridgehead atoms. The van der Waals surface area contributed by atoms with Gasteiger partial charge in [0.25, 0.3) is 0 Å². The molecule has 1 saturated heterocycles. The molecule has 1 nitrogen and oxygen atoms in total. The SMILES string of the molecule is C=C(C)/C=C/C(=C)CCCN1CCCCC1CC. The zero-order valence-corrected chi connectivity index (χ0v) is 12.3. The summed E-state index contributed by atoms with van der Waals surface area (Å²) in [5.41, 5.74) is 2.32. The van der Waals surface area contributed by atoms with Crippen LogP contribution in [0.1, 0.15) is 52.4 Å². The summed E-state index contributed by atoms with van der Waals surface area (Å²) in [5, 5.41) is 0. The third-order valence-electron chi connectivity index (χ3n) is 3.77. The van der Waals surface area contributed by atoms with Crippen LogP contribution in [0.25, 0.3) is 0 Å². The smallest absolute Gasteiger partial charge is 0.00926 e. The van der Waals surface area contributed by atoms with Gasteiger partial charge in [0.15, 0.2) is 0 Å². The van der Waals surface area contributed by atoms with Gasteiger partial charge in [0.2, 0.25) is 0 Å². The molecule has 0 aromatic rings. The molecule has 102 valence electrons. The van der Waals surface area contributed by atoms with Crippen LogP contribution >= 0.6 is 0 Å². The van der Waals surface area contributed by atoms with Crippen molar-refractivity contribution in [2.75, 3.05) is 13.1 Å². The molecule has 1 unspecified atom stereocenters. The summed E-state index contributed by atoms with van der Waals surface area (Å²) in [6.07, 6.45) is 12.0. The molecule has 18 heavy (non-hydrogen) atoms. The first kappa shape index (κ1) is 15.2. The van der Waals surface area contributed by atoms with Crippen LogP contribution in [0.5, 0.6) is 0 Å². The van der Waals surface area contributed by atoms with Crippen LogP contribution in [0.2, 0.25) is 0 Å². The van der Waals surface area contributed by atoms with E-state index < -0.39 is 0 Å². The Labute approximate surface area is 113 Å². The fourth-order valence-corrected chi connectivity index (χ4v) is 2.67. The quantitative estimate of drug-likeness (QED) is 0.588. The molecule has 1 aliphatic rings. The van der Waals surface area contributed by atoms with Crippen LogP contribution in [0, 0.1) is 0 Å². The number of hydrogen-bond donors (Lipinski definition) is 0. The molecule has 0 aliphatic carbocycles. The molecule has 1 rings (SSSR count). The maximum absolute atomic E-state index is 4.10. The molecule has 1 atom stereocenters. The summed E-state index contributed by atoms with van der Waals surface area (Å²) >= 11 is 0. The van der Waals surface area contributed by atoms with Gasteiger partial charge in [-0.05, 0) is 52.1 Å². The number of hydrogen-bond acceptors (Lipinski definition) is 1. The second-order valence-electron chi connectivity index (χ2n) is 5.54. The molecular formula is C17H29N. The van der Waals surface area contributed by atoms with Crippen molar-refractivity contribution in [2.24, 2.45) is 0 Å². The van der Waals surface area contributed by atoms with E-state index >= 15 is 0 Å². The Morgan fingerprint density at radius 3 is 2.72 bits per heavy atom. The molecule has 1 heterocycles. The maximum Gasteiger partial charge on any atom is 0.00926 e. The van der Waals surface area contributed by atoms with Crippen LogP contribution in [0.3, 0.4) is 0 Å². The number of piperidine rings is 1. The Kier molecular flexibility index (Phi) is 7.04. The third kappa shape index (κ3) is 5.68. The summed E-state index contributed by atoms with van der Waals surface area (Å²) < 4.78 is 0. The minimum atomic E-state index is 0.831. The van der Waals surface area contributed by atoms with Crippen molar-refractivity contribution in [3.05, 3.63) is 36.5 Å². The van der Waals surface area contributed by atoms with Gasteiger partial charge in [0.05, 0.1) is 0 Å². The molecule has 0 saturated carbocycles. The highest BCUT2D eigenvalue weighted by Gasteiger charge is 2.19. The number of allylic oxidation sites excluding steroid dienone is 4. The van der Waals surface area contributed by atoms with Gasteiger partial charge >= 0.3 is 0 Å². The van der Waals surface area contributed by atoms with E-state index in [9.17, 15) is 0 Å². The second-order valence-corrected chi connectivity index (χ2v) is 5.54. The zero-order valence-electron chi connectivity index (χ0n) is 12.3. The van der Waals surface area contributed by atoms with E-state index in [4.69, 9.17) is 0 Å². The lowest BCUT2D eigenvalue weighted by atomic mass is 9.99. The second kappa shape index (κ2) is 8.31. The Balaban J connectivity index is 2.23. The van der Waals surface area contributed by atoms with E-state index in [-0.39, 0.29) is 0 Å². The summed E-state index contributed by atoms with van der Waals surface area (Å²) in [5.74, 6) is 0. The molecule has 1 fully saturated rings. The molecule has 1 aliphatic heterocycles. The first-order chi connectivity index (χ1) is 8.63. The Morgan fingerprint density at radius 1 is 1.28 bits per heavy atom. The average Bonchev–Trinajstić information content (AvgIpc) is 2.37. The highest BCUT2D eigenvalue weighted by Crippen LogP contribution is 2.20. The molecule has 1 heteroatoms. The minimum Gasteiger partial charge on any atom is -0.300 e. The lowest BCUT2D eigenvalue weighted by molar-refractivity contribution is 0.143. The average molecular weight is 247 g/mol. The van der Waals surface area contributed by atoms with Crippen molar-refractivity contribution in [1.82, 2.24) is 4.90 Å². The lowest BCUT2D eigenvalue weighted by Gasteiger charge is -2.35. The van der Waals surface area contributed by atoms with Gasteiger partial charge in [-0.3, -0.25) is 0 Å². The summed E-state index contributed by atoms with van der Waals surface area (Å²) in [6, 6.07) is 0.831. The zero-order chi connectivity index (χ0) is 13.4. The predicted molar refractivity (Wildman–Crippen MR) is 81.8 cm³/mol. The molecular weight excluding hydrogens is 218 g/mol. The molecule has 0 radical (unpaired) electrons. The molecule has 0 N–H and O–H groups in total. The van der Waals surface area contributed by atoms with Crippen molar-refractivity contribution in [1.29, 1.82) is 0 Å². The van der Waals surface area contributed by atoms with E-state index in [1.54, 1.807) is 0 Å². The van der Waals surface area contributed by atoms with Gasteiger partial charge in [0, 0.05) is 6.04 Å². The van der Waals surface area contributed by atoms with Crippen LogP contribution in [0.4, 0.5) is 0 Å². The van der Waals surface area contributed by atoms with Crippen LogP contribution < -0.4 is 0 Å². The minimum absolute atomic E-state index is 0.831. The Morgan fingerprint density at radius 2 is 2.06 bits per heavy atom. The third-order valence-corrected chi connectivity index (χ3v) is 3.77. The largest absolute Gasteiger partial charge is 0.300 e. The van der Waals surface area contributed by atoms with E-state index in [0.29, 0.717) is 0 Å².